The molecule has 0 spiro atoms. The smallest absolute Gasteiger partial charge is 0.238 e. The molecule has 14 heavy (non-hydrogen) atoms. The fourth-order valence-corrected chi connectivity index (χ4v) is 2.79. The standard InChI is InChI=1S/C9H9F2IN2/c1-5-13-6-3-2-4-9(10,11)7(6)8(12)14-5/h2-4H2,1H3. The third-order valence-electron chi connectivity index (χ3n) is 2.32. The van der Waals surface area contributed by atoms with Crippen LogP contribution in [0.5, 0.6) is 0 Å². The van der Waals surface area contributed by atoms with Gasteiger partial charge in [-0.2, -0.15) is 0 Å². The molecule has 0 aromatic carbocycles. The molecule has 0 N–H and O–H groups in total. The second kappa shape index (κ2) is 3.36. The SMILES string of the molecule is Cc1nc(I)c2c(n1)CCCC2(F)F. The van der Waals surface area contributed by atoms with E-state index < -0.39 is 5.92 Å². The molecule has 0 aliphatic heterocycles. The fraction of sp³-hybridized carbons (Fsp3) is 0.556. The lowest BCUT2D eigenvalue weighted by Crippen LogP contribution is -2.24. The molecule has 0 saturated heterocycles. The highest BCUT2D eigenvalue weighted by Gasteiger charge is 2.40. The molecule has 0 atom stereocenters. The normalized spacial score (nSPS) is 19.1. The van der Waals surface area contributed by atoms with Crippen molar-refractivity contribution in [1.29, 1.82) is 0 Å². The maximum Gasteiger partial charge on any atom is 0.277 e. The lowest BCUT2D eigenvalue weighted by molar-refractivity contribution is -0.0238. The topological polar surface area (TPSA) is 25.8 Å². The van der Waals surface area contributed by atoms with Gasteiger partial charge in [0.2, 0.25) is 0 Å². The molecule has 0 unspecified atom stereocenters. The van der Waals surface area contributed by atoms with Crippen molar-refractivity contribution in [1.82, 2.24) is 9.97 Å². The number of hydrogen-bond acceptors (Lipinski definition) is 2. The molecular weight excluding hydrogens is 301 g/mol. The third kappa shape index (κ3) is 1.62. The second-order valence-corrected chi connectivity index (χ2v) is 4.46. The molecule has 1 aliphatic carbocycles. The summed E-state index contributed by atoms with van der Waals surface area (Å²) in [6.45, 7) is 1.73. The van der Waals surface area contributed by atoms with Crippen molar-refractivity contribution in [2.45, 2.75) is 32.1 Å². The van der Waals surface area contributed by atoms with Crippen LogP contribution in [-0.2, 0) is 12.3 Å². The summed E-state index contributed by atoms with van der Waals surface area (Å²) in [4.78, 5) is 8.05. The van der Waals surface area contributed by atoms with E-state index in [9.17, 15) is 8.78 Å². The molecule has 1 aromatic heterocycles. The molecule has 0 fully saturated rings. The zero-order chi connectivity index (χ0) is 10.3. The average molecular weight is 310 g/mol. The van der Waals surface area contributed by atoms with E-state index in [0.29, 0.717) is 28.1 Å². The van der Waals surface area contributed by atoms with Crippen molar-refractivity contribution in [3.05, 3.63) is 20.8 Å². The Labute approximate surface area is 94.3 Å². The molecule has 76 valence electrons. The predicted octanol–water partition coefficient (Wildman–Crippen LogP) is 2.82. The van der Waals surface area contributed by atoms with Crippen LogP contribution in [-0.4, -0.2) is 9.97 Å². The summed E-state index contributed by atoms with van der Waals surface area (Å²) >= 11 is 1.86. The maximum absolute atomic E-state index is 13.5. The summed E-state index contributed by atoms with van der Waals surface area (Å²) in [7, 11) is 0. The second-order valence-electron chi connectivity index (χ2n) is 3.44. The zero-order valence-electron chi connectivity index (χ0n) is 7.65. The maximum atomic E-state index is 13.5. The fourth-order valence-electron chi connectivity index (χ4n) is 1.74. The van der Waals surface area contributed by atoms with Crippen LogP contribution in [0.3, 0.4) is 0 Å². The van der Waals surface area contributed by atoms with Gasteiger partial charge in [0, 0.05) is 6.42 Å². The number of halogens is 3. The minimum Gasteiger partial charge on any atom is -0.238 e. The van der Waals surface area contributed by atoms with Crippen molar-refractivity contribution in [3.63, 3.8) is 0 Å². The number of alkyl halides is 2. The molecule has 2 nitrogen and oxygen atoms in total. The Hall–Kier alpha value is -0.330. The van der Waals surface area contributed by atoms with Gasteiger partial charge >= 0.3 is 0 Å². The molecule has 2 rings (SSSR count). The lowest BCUT2D eigenvalue weighted by Gasteiger charge is -2.25. The van der Waals surface area contributed by atoms with E-state index in [1.807, 2.05) is 22.6 Å². The Kier molecular flexibility index (Phi) is 2.45. The number of rotatable bonds is 0. The Balaban J connectivity index is 2.63. The van der Waals surface area contributed by atoms with Crippen molar-refractivity contribution >= 4 is 22.6 Å². The molecule has 1 aromatic rings. The first-order chi connectivity index (χ1) is 6.50. The van der Waals surface area contributed by atoms with Crippen LogP contribution in [0.4, 0.5) is 8.78 Å². The van der Waals surface area contributed by atoms with Crippen LogP contribution in [0, 0.1) is 10.6 Å². The zero-order valence-corrected chi connectivity index (χ0v) is 9.81. The van der Waals surface area contributed by atoms with E-state index in [0.717, 1.165) is 0 Å². The molecule has 0 amide bonds. The quantitative estimate of drug-likeness (QED) is 0.544. The van der Waals surface area contributed by atoms with Gasteiger partial charge in [-0.25, -0.2) is 18.7 Å². The molecule has 0 bridgehead atoms. The minimum atomic E-state index is -2.74. The van der Waals surface area contributed by atoms with Crippen LogP contribution in [0.2, 0.25) is 0 Å². The highest BCUT2D eigenvalue weighted by atomic mass is 127. The van der Waals surface area contributed by atoms with Gasteiger partial charge in [-0.15, -0.1) is 0 Å². The van der Waals surface area contributed by atoms with Crippen molar-refractivity contribution in [2.75, 3.05) is 0 Å². The van der Waals surface area contributed by atoms with Gasteiger partial charge in [-0.1, -0.05) is 0 Å². The van der Waals surface area contributed by atoms with Gasteiger partial charge in [0.1, 0.15) is 9.53 Å². The summed E-state index contributed by atoms with van der Waals surface area (Å²) < 4.78 is 27.4. The summed E-state index contributed by atoms with van der Waals surface area (Å²) in [6.07, 6.45) is 1.07. The summed E-state index contributed by atoms with van der Waals surface area (Å²) in [5.74, 6) is -2.16. The number of aromatic nitrogens is 2. The molecule has 0 saturated carbocycles. The van der Waals surface area contributed by atoms with Gasteiger partial charge in [0.05, 0.1) is 11.3 Å². The van der Waals surface area contributed by atoms with Crippen molar-refractivity contribution in [3.8, 4) is 0 Å². The predicted molar refractivity (Wildman–Crippen MR) is 56.3 cm³/mol. The lowest BCUT2D eigenvalue weighted by atomic mass is 9.94. The number of hydrogen-bond donors (Lipinski definition) is 0. The summed E-state index contributed by atoms with van der Waals surface area (Å²) in [5, 5.41) is 0. The van der Waals surface area contributed by atoms with Gasteiger partial charge in [0.15, 0.2) is 0 Å². The number of nitrogens with zero attached hydrogens (tertiary/aromatic N) is 2. The summed E-state index contributed by atoms with van der Waals surface area (Å²) in [6, 6.07) is 0. The van der Waals surface area contributed by atoms with Crippen LogP contribution < -0.4 is 0 Å². The van der Waals surface area contributed by atoms with Gasteiger partial charge in [-0.05, 0) is 42.4 Å². The molecule has 0 radical (unpaired) electrons. The Morgan fingerprint density at radius 1 is 1.36 bits per heavy atom. The van der Waals surface area contributed by atoms with Crippen molar-refractivity contribution in [2.24, 2.45) is 0 Å². The molecular formula is C9H9F2IN2. The van der Waals surface area contributed by atoms with Crippen LogP contribution in [0.25, 0.3) is 0 Å². The number of aryl methyl sites for hydroxylation is 2. The first-order valence-corrected chi connectivity index (χ1v) is 5.50. The van der Waals surface area contributed by atoms with Crippen LogP contribution in [0.1, 0.15) is 29.9 Å². The van der Waals surface area contributed by atoms with E-state index >= 15 is 0 Å². The molecule has 5 heteroatoms. The van der Waals surface area contributed by atoms with Gasteiger partial charge in [-0.3, -0.25) is 0 Å². The van der Waals surface area contributed by atoms with Crippen LogP contribution in [0.15, 0.2) is 0 Å². The third-order valence-corrected chi connectivity index (χ3v) is 3.10. The van der Waals surface area contributed by atoms with Crippen molar-refractivity contribution < 1.29 is 8.78 Å². The average Bonchev–Trinajstić information content (AvgIpc) is 2.00. The van der Waals surface area contributed by atoms with Crippen LogP contribution >= 0.6 is 22.6 Å². The van der Waals surface area contributed by atoms with Gasteiger partial charge < -0.3 is 0 Å². The van der Waals surface area contributed by atoms with E-state index in [-0.39, 0.29) is 12.0 Å². The minimum absolute atomic E-state index is 0.0509. The Morgan fingerprint density at radius 3 is 2.79 bits per heavy atom. The van der Waals surface area contributed by atoms with Gasteiger partial charge in [0.25, 0.3) is 5.92 Å². The Bertz CT molecular complexity index is 379. The first kappa shape index (κ1) is 10.2. The van der Waals surface area contributed by atoms with E-state index in [1.165, 1.54) is 0 Å². The first-order valence-electron chi connectivity index (χ1n) is 4.42. The highest BCUT2D eigenvalue weighted by molar-refractivity contribution is 14.1. The highest BCUT2D eigenvalue weighted by Crippen LogP contribution is 2.40. The monoisotopic (exact) mass is 310 g/mol. The van der Waals surface area contributed by atoms with E-state index in [2.05, 4.69) is 9.97 Å². The Morgan fingerprint density at radius 2 is 2.07 bits per heavy atom. The van der Waals surface area contributed by atoms with E-state index in [4.69, 9.17) is 0 Å². The van der Waals surface area contributed by atoms with E-state index in [1.54, 1.807) is 6.92 Å². The molecule has 1 aliphatic rings. The number of fused-ring (bicyclic) bond motifs is 1. The largest absolute Gasteiger partial charge is 0.277 e. The summed E-state index contributed by atoms with van der Waals surface area (Å²) in [5.41, 5.74) is 0.577. The molecule has 1 heterocycles.